The minimum absolute atomic E-state index is 0.0213. The minimum atomic E-state index is -0.972. The summed E-state index contributed by atoms with van der Waals surface area (Å²) in [6.07, 6.45) is 14.9. The van der Waals surface area contributed by atoms with Crippen LogP contribution in [0.1, 0.15) is 236 Å². The number of aliphatic hydroxyl groups excluding tert-OH is 1. The van der Waals surface area contributed by atoms with Gasteiger partial charge in [0.2, 0.25) is 11.5 Å². The number of aliphatic hydroxyl groups is 1. The fraction of sp³-hybridized carbons (Fsp3) is 0.361. The minimum Gasteiger partial charge on any atom is -0.550 e. The molecule has 20 nitrogen and oxygen atoms in total. The van der Waals surface area contributed by atoms with Crippen molar-refractivity contribution in [3.63, 3.8) is 0 Å². The number of benzene rings is 8. The van der Waals surface area contributed by atoms with Crippen LogP contribution in [0.15, 0.2) is 216 Å². The lowest BCUT2D eigenvalue weighted by Crippen LogP contribution is -2.37. The number of nitrogens with one attached hydrogen (secondary N) is 2. The molecule has 678 valence electrons. The van der Waals surface area contributed by atoms with Crippen molar-refractivity contribution in [3.8, 4) is 11.3 Å². The van der Waals surface area contributed by atoms with Gasteiger partial charge in [-0.3, -0.25) is 33.8 Å². The Balaban J connectivity index is 0.000000170. The van der Waals surface area contributed by atoms with Crippen molar-refractivity contribution in [2.24, 2.45) is 26.7 Å². The average molecular weight is 1790 g/mol. The van der Waals surface area contributed by atoms with Crippen molar-refractivity contribution in [1.82, 2.24) is 14.5 Å². The number of hydrogen-bond acceptors (Lipinski definition) is 17. The van der Waals surface area contributed by atoms with Crippen molar-refractivity contribution in [3.05, 3.63) is 272 Å². The summed E-state index contributed by atoms with van der Waals surface area (Å²) in [5.41, 5.74) is 17.1. The summed E-state index contributed by atoms with van der Waals surface area (Å²) in [4.78, 5) is 105. The standard InChI is InChI=1S/C36H49N2O2.C35H28Cl2N4O4.C31H32N2O4.C6H12O2/c1-9-11-24-37-29-20-14-12-18-27(29)35(5,6)31(37)22-16-23-32-36(7,8)28-19-13-15-21-30(28)38(32)25-17-26-40-33(39)34(3,4)10-2;1-4-35(2,3)34(44)45-17-19-9-12-21(13-10-19)40-27-16-26(41-33(43)24-15-20(36)11-14-25(24)37)28-29-30(38-18-39-31(27)29)22-7-5-6-8-23(22)32(28)42;1-6-31(4,5)30(36)37-17-11-16-33-19(3)25(21-13-8-10-15-23(21)33)27-28(34)26(29(27)35)24-18(2)32-22-14-9-7-12-20(22)24;1-4-6(2,3)5(7)8/h12-16,18-23H,9-11,17,24-26H2,1-8H3;5-16,18,40H,4,17H2,1-3H3,(H,41,43);7-10,12-15,34H,6,11,16-17H2,1-5H3;4H2,1-3H3,(H,7,8)/q+1;;;/p-1. The lowest BCUT2D eigenvalue weighted by Gasteiger charge is -2.27. The van der Waals surface area contributed by atoms with Crippen molar-refractivity contribution < 1.29 is 62.6 Å². The number of carboxylic acids is 1. The predicted molar refractivity (Wildman–Crippen MR) is 520 cm³/mol. The van der Waals surface area contributed by atoms with Crippen LogP contribution in [-0.4, -0.2) is 103 Å². The summed E-state index contributed by atoms with van der Waals surface area (Å²) in [5, 5.41) is 29.7. The van der Waals surface area contributed by atoms with E-state index in [1.54, 1.807) is 44.2 Å². The molecule has 0 bridgehead atoms. The lowest BCUT2D eigenvalue weighted by atomic mass is 9.78. The number of halogens is 2. The summed E-state index contributed by atoms with van der Waals surface area (Å²) in [6.45, 7) is 41.3. The van der Waals surface area contributed by atoms with Gasteiger partial charge in [0.05, 0.1) is 90.4 Å². The molecule has 22 heteroatoms. The van der Waals surface area contributed by atoms with E-state index in [-0.39, 0.29) is 74.5 Å². The van der Waals surface area contributed by atoms with Gasteiger partial charge in [0.15, 0.2) is 18.0 Å². The first kappa shape index (κ1) is 96.7. The van der Waals surface area contributed by atoms with Crippen LogP contribution in [0.3, 0.4) is 0 Å². The van der Waals surface area contributed by atoms with E-state index in [4.69, 9.17) is 37.4 Å². The van der Waals surface area contributed by atoms with Crippen molar-refractivity contribution in [2.45, 2.75) is 207 Å². The van der Waals surface area contributed by atoms with Gasteiger partial charge in [-0.25, -0.2) is 9.97 Å². The van der Waals surface area contributed by atoms with E-state index in [1.807, 2.05) is 168 Å². The first-order chi connectivity index (χ1) is 61.7. The molecule has 0 fully saturated rings. The maximum Gasteiger partial charge on any atom is 0.311 e. The summed E-state index contributed by atoms with van der Waals surface area (Å²) in [5.74, 6) is -2.45. The molecule has 1 amide bonds. The molecule has 5 heterocycles. The number of aromatic nitrogens is 3. The Morgan fingerprint density at radius 2 is 1.18 bits per heavy atom. The molecule has 3 N–H and O–H groups in total. The van der Waals surface area contributed by atoms with E-state index in [0.717, 1.165) is 77.0 Å². The monoisotopic (exact) mass is 1790 g/mol. The summed E-state index contributed by atoms with van der Waals surface area (Å²) < 4.78 is 21.3. The van der Waals surface area contributed by atoms with E-state index in [9.17, 15) is 43.8 Å². The van der Waals surface area contributed by atoms with Gasteiger partial charge in [0.1, 0.15) is 18.7 Å². The summed E-state index contributed by atoms with van der Waals surface area (Å²) in [7, 11) is 0. The molecule has 0 saturated heterocycles. The highest BCUT2D eigenvalue weighted by Crippen LogP contribution is 2.51. The Labute approximate surface area is 773 Å². The van der Waals surface area contributed by atoms with Crippen molar-refractivity contribution >= 4 is 143 Å². The number of unbranched alkanes of at least 4 members (excludes halogenated alkanes) is 1. The van der Waals surface area contributed by atoms with Gasteiger partial charge in [-0.1, -0.05) is 207 Å². The van der Waals surface area contributed by atoms with E-state index in [0.29, 0.717) is 99.9 Å². The third kappa shape index (κ3) is 19.8. The summed E-state index contributed by atoms with van der Waals surface area (Å²) in [6, 6.07) is 54.0. The number of nitrogens with zero attached hydrogens (tertiary/aromatic N) is 6. The Bertz CT molecular complexity index is 6290. The number of para-hydroxylation sites is 4. The Morgan fingerprint density at radius 1 is 0.592 bits per heavy atom. The van der Waals surface area contributed by atoms with Crippen molar-refractivity contribution in [1.29, 1.82) is 0 Å². The molecule has 0 radical (unpaired) electrons. The van der Waals surface area contributed by atoms with E-state index >= 15 is 0 Å². The van der Waals surface area contributed by atoms with Gasteiger partial charge in [0, 0.05) is 132 Å². The molecule has 5 aliphatic rings. The molecule has 0 spiro atoms. The van der Waals surface area contributed by atoms with E-state index in [1.165, 1.54) is 59.1 Å². The number of rotatable bonds is 28. The van der Waals surface area contributed by atoms with Crippen LogP contribution in [0.5, 0.6) is 0 Å². The maximum atomic E-state index is 13.9. The molecule has 0 atom stereocenters. The normalized spacial score (nSPS) is 15.5. The zero-order valence-corrected chi connectivity index (χ0v) is 79.8. The number of aryl methyl sites for hydroxylation is 1. The number of anilines is 4. The number of aliphatic imine (C=N–C) groups is 1. The lowest BCUT2D eigenvalue weighted by molar-refractivity contribution is -0.438. The fourth-order valence-corrected chi connectivity index (χ4v) is 16.8. The number of allylic oxidation sites excluding steroid dienone is 7. The van der Waals surface area contributed by atoms with Gasteiger partial charge in [-0.05, 0) is 180 Å². The second kappa shape index (κ2) is 39.9. The van der Waals surface area contributed by atoms with Crippen LogP contribution < -0.4 is 20.6 Å². The molecular weight excluding hydrogens is 1670 g/mol. The Morgan fingerprint density at radius 3 is 1.82 bits per heavy atom. The highest BCUT2D eigenvalue weighted by atomic mass is 35.5. The van der Waals surface area contributed by atoms with E-state index in [2.05, 4.69) is 141 Å². The van der Waals surface area contributed by atoms with Crippen LogP contribution in [0.25, 0.3) is 44.2 Å². The van der Waals surface area contributed by atoms with Gasteiger partial charge in [-0.2, -0.15) is 4.58 Å². The molecule has 3 aliphatic heterocycles. The number of Topliss-reactive ketones (excluding diaryl/α,β-unsaturated/α-hetero) is 1. The molecule has 2 aromatic heterocycles. The fourth-order valence-electron chi connectivity index (χ4n) is 16.4. The number of carbonyl (C=O) groups is 7. The molecule has 15 rings (SSSR count). The number of fused-ring (bicyclic) bond motifs is 6. The Kier molecular flexibility index (Phi) is 29.7. The Hall–Kier alpha value is -12.4. The number of carbonyl (C=O) groups excluding carboxylic acids is 7. The number of ether oxygens (including phenoxy) is 3. The third-order valence-corrected chi connectivity index (χ3v) is 26.7. The third-order valence-electron chi connectivity index (χ3n) is 26.2. The van der Waals surface area contributed by atoms with Gasteiger partial charge in [-0.15, -0.1) is 0 Å². The quantitative estimate of drug-likeness (QED) is 0.0135. The maximum absolute atomic E-state index is 13.9. The second-order valence-electron chi connectivity index (χ2n) is 37.2. The molecule has 130 heavy (non-hydrogen) atoms. The molecule has 0 saturated carbocycles. The van der Waals surface area contributed by atoms with Crippen LogP contribution in [-0.2, 0) is 62.2 Å². The number of aliphatic carboxylic acids is 1. The van der Waals surface area contributed by atoms with Gasteiger partial charge < -0.3 is 49.3 Å². The molecule has 2 aliphatic carbocycles. The number of esters is 3. The predicted octanol–water partition coefficient (Wildman–Crippen LogP) is 24.0. The van der Waals surface area contributed by atoms with Crippen LogP contribution in [0, 0.1) is 28.6 Å². The highest BCUT2D eigenvalue weighted by Gasteiger charge is 2.46. The summed E-state index contributed by atoms with van der Waals surface area (Å²) >= 11 is 12.5. The smallest absolute Gasteiger partial charge is 0.311 e. The number of ketones is 2. The van der Waals surface area contributed by atoms with Gasteiger partial charge in [0.25, 0.3) is 5.91 Å². The largest absolute Gasteiger partial charge is 0.550 e. The number of amides is 1. The molecular formula is C108H120Cl2N8O12. The molecule has 8 aromatic carbocycles. The highest BCUT2D eigenvalue weighted by molar-refractivity contribution is 6.48. The first-order valence-corrected chi connectivity index (χ1v) is 45.7. The van der Waals surface area contributed by atoms with Gasteiger partial charge >= 0.3 is 17.9 Å². The van der Waals surface area contributed by atoms with Crippen LogP contribution in [0.2, 0.25) is 10.0 Å². The molecule has 0 unspecified atom stereocenters. The average Bonchev–Trinajstić information content (AvgIpc) is 1.40. The zero-order valence-electron chi connectivity index (χ0n) is 78.3. The zero-order chi connectivity index (χ0) is 94.3. The number of carboxylic acid groups (broad SMARTS) is 1. The van der Waals surface area contributed by atoms with Crippen LogP contribution in [0.4, 0.5) is 34.1 Å². The second-order valence-corrected chi connectivity index (χ2v) is 38.1. The SMILES string of the molecule is CCC(C)(C)C(=O)OCCCn1c(C)c(C2=C(O)C(=C3C(C)=Nc4ccccc43)C2=O)c2ccccc21.CCC(C)(C)C(=O)OCc1ccc(Nc2cc(NC(=O)c3cc(Cl)ccc3Cl)c3c4c(ncnc24)-c2ccccc2C3=O)cc1.CCC(C)(C)C(=O)[O-].CCCCN1C(=CC=CC2=[N+](CCCOC(=O)C(C)(C)CC)c3ccccc3C2(C)C)C(C)(C)c2ccccc21. The van der Waals surface area contributed by atoms with Crippen LogP contribution >= 0.6 is 23.2 Å². The molecule has 10 aromatic rings. The topological polar surface area (TPSA) is 264 Å². The first-order valence-electron chi connectivity index (χ1n) is 45.0. The van der Waals surface area contributed by atoms with Crippen molar-refractivity contribution in [2.75, 3.05) is 41.8 Å². The number of hydrogen-bond donors (Lipinski definition) is 3. The van der Waals surface area contributed by atoms with E-state index < -0.39 is 33.5 Å².